The number of nitrogens with one attached hydrogen (secondary N) is 1. The van der Waals surface area contributed by atoms with Crippen LogP contribution in [0.2, 0.25) is 0 Å². The summed E-state index contributed by atoms with van der Waals surface area (Å²) in [6, 6.07) is 13.5. The van der Waals surface area contributed by atoms with Crippen molar-refractivity contribution < 1.29 is 0 Å². The average Bonchev–Trinajstić information content (AvgIpc) is 3.00. The van der Waals surface area contributed by atoms with Crippen molar-refractivity contribution in [2.45, 2.75) is 0 Å². The average molecular weight is 238 g/mol. The molecule has 0 radical (unpaired) electrons. The van der Waals surface area contributed by atoms with E-state index in [9.17, 15) is 0 Å². The topological polar surface area (TPSA) is 67.6 Å². The number of pyridine rings is 1. The number of anilines is 1. The Labute approximate surface area is 106 Å². The van der Waals surface area contributed by atoms with E-state index in [0.717, 1.165) is 16.9 Å². The molecule has 18 heavy (non-hydrogen) atoms. The normalized spacial score (nSPS) is 9.33. The van der Waals surface area contributed by atoms with Gasteiger partial charge in [-0.05, 0) is 24.3 Å². The number of nitrogen functional groups attached to an aromatic ring is 1. The fourth-order valence-corrected chi connectivity index (χ4v) is 1.40. The van der Waals surface area contributed by atoms with Crippen molar-refractivity contribution in [2.24, 2.45) is 0 Å². The molecule has 90 valence electrons. The number of aromatic amines is 1. The van der Waals surface area contributed by atoms with Crippen LogP contribution >= 0.6 is 0 Å². The van der Waals surface area contributed by atoms with E-state index >= 15 is 0 Å². The molecule has 2 heterocycles. The van der Waals surface area contributed by atoms with E-state index in [2.05, 4.69) is 15.0 Å². The first-order valence-electron chi connectivity index (χ1n) is 5.56. The van der Waals surface area contributed by atoms with Crippen LogP contribution < -0.4 is 5.73 Å². The molecule has 0 fully saturated rings. The summed E-state index contributed by atoms with van der Waals surface area (Å²) < 4.78 is 0. The minimum absolute atomic E-state index is 0.777. The number of rotatable bonds is 1. The number of H-pyrrole nitrogens is 1. The zero-order valence-electron chi connectivity index (χ0n) is 9.82. The van der Waals surface area contributed by atoms with Gasteiger partial charge in [-0.2, -0.15) is 0 Å². The van der Waals surface area contributed by atoms with Gasteiger partial charge in [0, 0.05) is 29.8 Å². The molecular weight excluding hydrogens is 224 g/mol. The van der Waals surface area contributed by atoms with Crippen molar-refractivity contribution in [3.05, 3.63) is 67.4 Å². The Bertz CT molecular complexity index is 527. The van der Waals surface area contributed by atoms with Crippen LogP contribution in [-0.4, -0.2) is 15.0 Å². The summed E-state index contributed by atoms with van der Waals surface area (Å²) in [5.74, 6) is 0. The molecule has 3 N–H and O–H groups in total. The van der Waals surface area contributed by atoms with E-state index in [0.29, 0.717) is 0 Å². The highest BCUT2D eigenvalue weighted by atomic mass is 14.8. The molecule has 0 atom stereocenters. The Morgan fingerprint density at radius 1 is 0.944 bits per heavy atom. The van der Waals surface area contributed by atoms with Crippen LogP contribution in [0.15, 0.2) is 67.4 Å². The number of hydrogen-bond donors (Lipinski definition) is 2. The summed E-state index contributed by atoms with van der Waals surface area (Å²) in [6.45, 7) is 0. The zero-order chi connectivity index (χ0) is 12.6. The Morgan fingerprint density at radius 2 is 1.78 bits per heavy atom. The molecule has 0 saturated carbocycles. The molecule has 0 aliphatic heterocycles. The number of nitrogens with zero attached hydrogens (tertiary/aromatic N) is 2. The molecule has 0 spiro atoms. The lowest BCUT2D eigenvalue weighted by atomic mass is 10.1. The number of aromatic nitrogens is 3. The lowest BCUT2D eigenvalue weighted by molar-refractivity contribution is 1.31. The van der Waals surface area contributed by atoms with Crippen molar-refractivity contribution in [2.75, 3.05) is 5.73 Å². The molecule has 0 aliphatic carbocycles. The summed E-state index contributed by atoms with van der Waals surface area (Å²) in [4.78, 5) is 10.7. The van der Waals surface area contributed by atoms with E-state index in [1.807, 2.05) is 42.5 Å². The predicted octanol–water partition coefficient (Wildman–Crippen LogP) is 2.74. The first kappa shape index (κ1) is 11.9. The Kier molecular flexibility index (Phi) is 4.08. The minimum atomic E-state index is 0.777. The van der Waals surface area contributed by atoms with Gasteiger partial charge in [0.25, 0.3) is 0 Å². The monoisotopic (exact) mass is 238 g/mol. The molecule has 0 saturated heterocycles. The van der Waals surface area contributed by atoms with Gasteiger partial charge in [-0.15, -0.1) is 0 Å². The predicted molar refractivity (Wildman–Crippen MR) is 72.7 cm³/mol. The molecule has 4 heteroatoms. The van der Waals surface area contributed by atoms with Gasteiger partial charge in [0.15, 0.2) is 0 Å². The second kappa shape index (κ2) is 6.20. The van der Waals surface area contributed by atoms with Crippen molar-refractivity contribution >= 4 is 5.69 Å². The maximum atomic E-state index is 5.58. The van der Waals surface area contributed by atoms with Gasteiger partial charge in [0.2, 0.25) is 0 Å². The van der Waals surface area contributed by atoms with E-state index < -0.39 is 0 Å². The van der Waals surface area contributed by atoms with Crippen LogP contribution in [0.25, 0.3) is 11.3 Å². The molecule has 3 rings (SSSR count). The zero-order valence-corrected chi connectivity index (χ0v) is 9.82. The third-order valence-electron chi connectivity index (χ3n) is 2.28. The van der Waals surface area contributed by atoms with Crippen LogP contribution in [0.5, 0.6) is 0 Å². The van der Waals surface area contributed by atoms with E-state index in [-0.39, 0.29) is 0 Å². The molecule has 0 amide bonds. The molecule has 0 unspecified atom stereocenters. The quantitative estimate of drug-likeness (QED) is 0.640. The van der Waals surface area contributed by atoms with Crippen molar-refractivity contribution in [3.8, 4) is 11.3 Å². The van der Waals surface area contributed by atoms with Crippen LogP contribution in [0, 0.1) is 0 Å². The second-order valence-electron chi connectivity index (χ2n) is 3.60. The molecule has 1 aromatic carbocycles. The van der Waals surface area contributed by atoms with Gasteiger partial charge in [0.1, 0.15) is 0 Å². The maximum absolute atomic E-state index is 5.58. The van der Waals surface area contributed by atoms with Crippen LogP contribution in [-0.2, 0) is 0 Å². The smallest absolute Gasteiger partial charge is 0.0919 e. The third kappa shape index (κ3) is 3.45. The van der Waals surface area contributed by atoms with Gasteiger partial charge >= 0.3 is 0 Å². The van der Waals surface area contributed by atoms with Crippen molar-refractivity contribution in [1.82, 2.24) is 15.0 Å². The number of hydrogen-bond acceptors (Lipinski definition) is 3. The summed E-state index contributed by atoms with van der Waals surface area (Å²) in [7, 11) is 0. The minimum Gasteiger partial charge on any atom is -0.399 e. The summed E-state index contributed by atoms with van der Waals surface area (Å²) in [5.41, 5.74) is 8.43. The fourth-order valence-electron chi connectivity index (χ4n) is 1.40. The second-order valence-corrected chi connectivity index (χ2v) is 3.60. The molecular formula is C14H14N4. The van der Waals surface area contributed by atoms with Gasteiger partial charge in [-0.3, -0.25) is 4.98 Å². The van der Waals surface area contributed by atoms with Gasteiger partial charge in [0.05, 0.1) is 12.0 Å². The number of imidazole rings is 1. The largest absolute Gasteiger partial charge is 0.399 e. The van der Waals surface area contributed by atoms with Crippen molar-refractivity contribution in [3.63, 3.8) is 0 Å². The van der Waals surface area contributed by atoms with E-state index in [1.165, 1.54) is 0 Å². The number of nitrogens with two attached hydrogens (primary N) is 1. The highest BCUT2D eigenvalue weighted by Crippen LogP contribution is 2.17. The standard InChI is InChI=1S/C11H10N2.C3H4N2/c12-10-6-4-9(5-7-10)11-3-1-2-8-13-11;1-2-5-3-4-1/h1-8H,12H2;1-3H,(H,4,5). The molecule has 0 aliphatic rings. The first-order chi connectivity index (χ1) is 8.86. The third-order valence-corrected chi connectivity index (χ3v) is 2.28. The fraction of sp³-hybridized carbons (Fsp3) is 0. The van der Waals surface area contributed by atoms with Crippen LogP contribution in [0.3, 0.4) is 0 Å². The highest BCUT2D eigenvalue weighted by Gasteiger charge is 1.95. The van der Waals surface area contributed by atoms with Gasteiger partial charge in [-0.25, -0.2) is 4.98 Å². The first-order valence-corrected chi connectivity index (χ1v) is 5.56. The van der Waals surface area contributed by atoms with Crippen LogP contribution in [0.1, 0.15) is 0 Å². The van der Waals surface area contributed by atoms with Crippen LogP contribution in [0.4, 0.5) is 5.69 Å². The molecule has 0 bridgehead atoms. The lowest BCUT2D eigenvalue weighted by Gasteiger charge is -1.99. The molecule has 4 nitrogen and oxygen atoms in total. The summed E-state index contributed by atoms with van der Waals surface area (Å²) in [6.07, 6.45) is 6.87. The Hall–Kier alpha value is -2.62. The number of benzene rings is 1. The SMILES string of the molecule is Nc1ccc(-c2ccccn2)cc1.c1c[nH]cn1. The summed E-state index contributed by atoms with van der Waals surface area (Å²) in [5, 5.41) is 0. The van der Waals surface area contributed by atoms with Gasteiger partial charge in [-0.1, -0.05) is 18.2 Å². The highest BCUT2D eigenvalue weighted by molar-refractivity contribution is 5.61. The van der Waals surface area contributed by atoms with E-state index in [4.69, 9.17) is 5.73 Å². The van der Waals surface area contributed by atoms with Gasteiger partial charge < -0.3 is 10.7 Å². The Balaban J connectivity index is 0.000000202. The maximum Gasteiger partial charge on any atom is 0.0919 e. The summed E-state index contributed by atoms with van der Waals surface area (Å²) >= 11 is 0. The Morgan fingerprint density at radius 3 is 2.28 bits per heavy atom. The van der Waals surface area contributed by atoms with E-state index in [1.54, 1.807) is 24.9 Å². The lowest BCUT2D eigenvalue weighted by Crippen LogP contribution is -1.85. The van der Waals surface area contributed by atoms with Crippen molar-refractivity contribution in [1.29, 1.82) is 0 Å². The molecule has 3 aromatic rings. The molecule has 2 aromatic heterocycles.